The SMILES string of the molecule is Cc1ccc(NC(=S)/C(=C(\[O-])c2ccc(C)c(C)c2)[n+]2ccccc2)cc1. The highest BCUT2D eigenvalue weighted by Gasteiger charge is 2.18. The molecule has 0 unspecified atom stereocenters. The van der Waals surface area contributed by atoms with Gasteiger partial charge in [0.25, 0.3) is 0 Å². The van der Waals surface area contributed by atoms with Gasteiger partial charge in [-0.25, -0.2) is 0 Å². The lowest BCUT2D eigenvalue weighted by molar-refractivity contribution is -0.577. The number of nitrogens with one attached hydrogen (secondary N) is 1. The molecule has 0 aliphatic heterocycles. The van der Waals surface area contributed by atoms with Gasteiger partial charge in [0.1, 0.15) is 0 Å². The van der Waals surface area contributed by atoms with Gasteiger partial charge in [0.15, 0.2) is 17.4 Å². The van der Waals surface area contributed by atoms with Crippen molar-refractivity contribution < 1.29 is 9.67 Å². The van der Waals surface area contributed by atoms with Gasteiger partial charge in [-0.05, 0) is 55.4 Å². The molecule has 3 nitrogen and oxygen atoms in total. The van der Waals surface area contributed by atoms with E-state index in [0.29, 0.717) is 16.2 Å². The second-order valence-electron chi connectivity index (χ2n) is 6.58. The second-order valence-corrected chi connectivity index (χ2v) is 6.99. The standard InChI is InChI=1S/C23H22N2OS/c1-16-7-11-20(12-8-16)24-23(27)21(25-13-5-4-6-14-25)22(26)19-10-9-17(2)18(3)15-19/h4-15H,1-3H3,(H-,24,26,27). The predicted molar refractivity (Wildman–Crippen MR) is 113 cm³/mol. The van der Waals surface area contributed by atoms with Crippen LogP contribution in [0.5, 0.6) is 0 Å². The molecule has 1 heterocycles. The van der Waals surface area contributed by atoms with E-state index >= 15 is 0 Å². The Balaban J connectivity index is 2.06. The number of anilines is 1. The Morgan fingerprint density at radius 2 is 1.56 bits per heavy atom. The molecule has 27 heavy (non-hydrogen) atoms. The summed E-state index contributed by atoms with van der Waals surface area (Å²) >= 11 is 5.62. The van der Waals surface area contributed by atoms with Crippen molar-refractivity contribution in [1.29, 1.82) is 0 Å². The van der Waals surface area contributed by atoms with Crippen molar-refractivity contribution >= 4 is 34.3 Å². The lowest BCUT2D eigenvalue weighted by atomic mass is 10.0. The number of benzene rings is 2. The largest absolute Gasteiger partial charge is 0.867 e. The van der Waals surface area contributed by atoms with Gasteiger partial charge in [-0.1, -0.05) is 54.2 Å². The van der Waals surface area contributed by atoms with Crippen molar-refractivity contribution in [2.24, 2.45) is 0 Å². The van der Waals surface area contributed by atoms with E-state index in [0.717, 1.165) is 16.8 Å². The minimum atomic E-state index is -0.112. The first-order valence-corrected chi connectivity index (χ1v) is 9.20. The Bertz CT molecular complexity index is 993. The molecule has 3 aromatic rings. The fourth-order valence-electron chi connectivity index (χ4n) is 2.73. The van der Waals surface area contributed by atoms with Crippen LogP contribution in [0.2, 0.25) is 0 Å². The molecule has 0 radical (unpaired) electrons. The number of pyridine rings is 1. The molecule has 0 saturated heterocycles. The first kappa shape index (κ1) is 18.8. The minimum Gasteiger partial charge on any atom is -0.867 e. The summed E-state index contributed by atoms with van der Waals surface area (Å²) in [6, 6.07) is 19.3. The molecule has 0 aliphatic rings. The summed E-state index contributed by atoms with van der Waals surface area (Å²) in [5.41, 5.74) is 5.30. The number of hydrogen-bond donors (Lipinski definition) is 1. The van der Waals surface area contributed by atoms with Gasteiger partial charge in [0.05, 0.1) is 0 Å². The highest BCUT2D eigenvalue weighted by molar-refractivity contribution is 7.81. The molecule has 2 aromatic carbocycles. The maximum absolute atomic E-state index is 13.3. The molecule has 0 bridgehead atoms. The van der Waals surface area contributed by atoms with Crippen molar-refractivity contribution in [3.63, 3.8) is 0 Å². The van der Waals surface area contributed by atoms with E-state index in [1.54, 1.807) is 4.57 Å². The number of aryl methyl sites for hydroxylation is 3. The van der Waals surface area contributed by atoms with E-state index in [4.69, 9.17) is 12.2 Å². The Labute approximate surface area is 165 Å². The van der Waals surface area contributed by atoms with E-state index in [1.165, 1.54) is 5.56 Å². The van der Waals surface area contributed by atoms with Crippen LogP contribution in [-0.2, 0) is 0 Å². The fourth-order valence-corrected chi connectivity index (χ4v) is 3.05. The van der Waals surface area contributed by atoms with Crippen LogP contribution >= 0.6 is 12.2 Å². The fraction of sp³-hybridized carbons (Fsp3) is 0.130. The molecule has 1 N–H and O–H groups in total. The van der Waals surface area contributed by atoms with E-state index in [1.807, 2.05) is 93.8 Å². The summed E-state index contributed by atoms with van der Waals surface area (Å²) in [7, 11) is 0. The number of hydrogen-bond acceptors (Lipinski definition) is 2. The van der Waals surface area contributed by atoms with Crippen LogP contribution in [0.25, 0.3) is 11.5 Å². The molecule has 4 heteroatoms. The predicted octanol–water partition coefficient (Wildman–Crippen LogP) is 4.02. The van der Waals surface area contributed by atoms with Gasteiger partial charge in [-0.15, -0.1) is 0 Å². The molecule has 0 spiro atoms. The summed E-state index contributed by atoms with van der Waals surface area (Å²) in [5.74, 6) is -0.112. The Hall–Kier alpha value is -2.98. The monoisotopic (exact) mass is 374 g/mol. The van der Waals surface area contributed by atoms with Gasteiger partial charge >= 0.3 is 0 Å². The van der Waals surface area contributed by atoms with Crippen LogP contribution in [0, 0.1) is 20.8 Å². The van der Waals surface area contributed by atoms with E-state index in [-0.39, 0.29) is 5.76 Å². The summed E-state index contributed by atoms with van der Waals surface area (Å²) in [4.78, 5) is 0.387. The van der Waals surface area contributed by atoms with Crippen molar-refractivity contribution in [3.8, 4) is 0 Å². The van der Waals surface area contributed by atoms with Crippen LogP contribution in [0.4, 0.5) is 5.69 Å². The maximum Gasteiger partial charge on any atom is 0.238 e. The average Bonchev–Trinajstić information content (AvgIpc) is 2.67. The quantitative estimate of drug-likeness (QED) is 0.324. The van der Waals surface area contributed by atoms with Gasteiger partial charge < -0.3 is 10.4 Å². The van der Waals surface area contributed by atoms with Gasteiger partial charge in [-0.3, -0.25) is 0 Å². The molecule has 0 aliphatic carbocycles. The third kappa shape index (κ3) is 4.41. The molecule has 0 saturated carbocycles. The zero-order valence-corrected chi connectivity index (χ0v) is 16.5. The lowest BCUT2D eigenvalue weighted by Gasteiger charge is -2.18. The number of nitrogens with zero attached hydrogens (tertiary/aromatic N) is 1. The summed E-state index contributed by atoms with van der Waals surface area (Å²) in [6.07, 6.45) is 3.66. The normalized spacial score (nSPS) is 11.7. The average molecular weight is 375 g/mol. The van der Waals surface area contributed by atoms with E-state index in [2.05, 4.69) is 5.32 Å². The van der Waals surface area contributed by atoms with E-state index < -0.39 is 0 Å². The van der Waals surface area contributed by atoms with Crippen LogP contribution in [0.15, 0.2) is 73.1 Å². The topological polar surface area (TPSA) is 39.0 Å². The van der Waals surface area contributed by atoms with Crippen LogP contribution in [0.1, 0.15) is 22.3 Å². The van der Waals surface area contributed by atoms with Crippen molar-refractivity contribution in [2.75, 3.05) is 5.32 Å². The zero-order valence-electron chi connectivity index (χ0n) is 15.7. The second kappa shape index (κ2) is 8.14. The minimum absolute atomic E-state index is 0.112. The Kier molecular flexibility index (Phi) is 5.67. The summed E-state index contributed by atoms with van der Waals surface area (Å²) in [6.45, 7) is 6.07. The molecule has 0 amide bonds. The zero-order chi connectivity index (χ0) is 19.4. The van der Waals surface area contributed by atoms with Crippen LogP contribution in [0.3, 0.4) is 0 Å². The van der Waals surface area contributed by atoms with Crippen molar-refractivity contribution in [1.82, 2.24) is 0 Å². The molecular formula is C23H22N2OS. The third-order valence-corrected chi connectivity index (χ3v) is 4.78. The van der Waals surface area contributed by atoms with Gasteiger partial charge in [0.2, 0.25) is 5.70 Å². The molecule has 3 rings (SSSR count). The Morgan fingerprint density at radius 3 is 2.19 bits per heavy atom. The molecule has 1 aromatic heterocycles. The van der Waals surface area contributed by atoms with Crippen LogP contribution in [-0.4, -0.2) is 4.99 Å². The Morgan fingerprint density at radius 1 is 0.889 bits per heavy atom. The first-order chi connectivity index (χ1) is 13.0. The summed E-state index contributed by atoms with van der Waals surface area (Å²) in [5, 5.41) is 16.5. The first-order valence-electron chi connectivity index (χ1n) is 8.79. The van der Waals surface area contributed by atoms with E-state index in [9.17, 15) is 5.11 Å². The highest BCUT2D eigenvalue weighted by atomic mass is 32.1. The lowest BCUT2D eigenvalue weighted by Crippen LogP contribution is -2.39. The van der Waals surface area contributed by atoms with Gasteiger partial charge in [0, 0.05) is 17.8 Å². The van der Waals surface area contributed by atoms with Crippen molar-refractivity contribution in [3.05, 3.63) is 95.3 Å². The molecule has 0 atom stereocenters. The van der Waals surface area contributed by atoms with Crippen LogP contribution < -0.4 is 15.0 Å². The number of thiocarbonyl (C=S) groups is 1. The summed E-state index contributed by atoms with van der Waals surface area (Å²) < 4.78 is 1.76. The highest BCUT2D eigenvalue weighted by Crippen LogP contribution is 2.19. The number of rotatable bonds is 4. The van der Waals surface area contributed by atoms with Crippen molar-refractivity contribution in [2.45, 2.75) is 20.8 Å². The molecule has 136 valence electrons. The third-order valence-electron chi connectivity index (χ3n) is 4.48. The molecule has 0 fully saturated rings. The molecular weight excluding hydrogens is 352 g/mol. The van der Waals surface area contributed by atoms with Gasteiger partial charge in [-0.2, -0.15) is 4.57 Å². The maximum atomic E-state index is 13.3. The smallest absolute Gasteiger partial charge is 0.238 e. The number of aromatic nitrogens is 1.